The normalized spacial score (nSPS) is 10.2. The Morgan fingerprint density at radius 1 is 1.41 bits per heavy atom. The van der Waals surface area contributed by atoms with Crippen molar-refractivity contribution in [3.8, 4) is 11.3 Å². The molecule has 0 fully saturated rings. The Morgan fingerprint density at radius 2 is 2.12 bits per heavy atom. The van der Waals surface area contributed by atoms with Crippen LogP contribution >= 0.6 is 0 Å². The minimum Gasteiger partial charge on any atom is -0.511 e. The second-order valence-electron chi connectivity index (χ2n) is 3.91. The van der Waals surface area contributed by atoms with Gasteiger partial charge in [-0.2, -0.15) is 0 Å². The van der Waals surface area contributed by atoms with Crippen LogP contribution in [0.3, 0.4) is 0 Å². The topological polar surface area (TPSA) is 52.1 Å². The Hall–Kier alpha value is -2.23. The molecule has 2 N–H and O–H groups in total. The molecule has 0 atom stereocenters. The van der Waals surface area contributed by atoms with Crippen molar-refractivity contribution in [3.63, 3.8) is 0 Å². The van der Waals surface area contributed by atoms with Crippen molar-refractivity contribution >= 4 is 5.95 Å². The van der Waals surface area contributed by atoms with Crippen molar-refractivity contribution in [2.45, 2.75) is 0 Å². The lowest BCUT2D eigenvalue weighted by Gasteiger charge is -2.14. The van der Waals surface area contributed by atoms with E-state index in [9.17, 15) is 0 Å². The van der Waals surface area contributed by atoms with E-state index in [1.54, 1.807) is 11.1 Å². The Balaban J connectivity index is 2.19. The molecule has 4 nitrogen and oxygen atoms in total. The predicted octanol–water partition coefficient (Wildman–Crippen LogP) is 2.58. The molecule has 0 bridgehead atoms. The van der Waals surface area contributed by atoms with Gasteiger partial charge in [-0.05, 0) is 5.56 Å². The zero-order valence-corrected chi connectivity index (χ0v) is 9.72. The highest BCUT2D eigenvalue weighted by molar-refractivity contribution is 5.60. The van der Waals surface area contributed by atoms with Gasteiger partial charge in [-0.15, -0.1) is 0 Å². The van der Waals surface area contributed by atoms with Crippen LogP contribution in [-0.4, -0.2) is 28.7 Å². The highest BCUT2D eigenvalue weighted by Crippen LogP contribution is 2.19. The van der Waals surface area contributed by atoms with Gasteiger partial charge in [0, 0.05) is 7.05 Å². The number of likely N-dealkylation sites (N-methyl/N-ethyl adjacent to an activating group) is 1. The molecule has 0 aliphatic rings. The fraction of sp³-hybridized carbons (Fsp3) is 0.154. The summed E-state index contributed by atoms with van der Waals surface area (Å²) in [5, 5.41) is 9.13. The van der Waals surface area contributed by atoms with Gasteiger partial charge in [0.25, 0.3) is 0 Å². The molecule has 2 aromatic rings. The summed E-state index contributed by atoms with van der Waals surface area (Å²) in [5.41, 5.74) is 2.04. The van der Waals surface area contributed by atoms with Crippen molar-refractivity contribution in [3.05, 3.63) is 48.9 Å². The van der Waals surface area contributed by atoms with Crippen LogP contribution < -0.4 is 4.90 Å². The van der Waals surface area contributed by atoms with E-state index in [0.717, 1.165) is 11.3 Å². The maximum atomic E-state index is 9.13. The number of imidazole rings is 1. The van der Waals surface area contributed by atoms with Gasteiger partial charge in [0.05, 0.1) is 18.4 Å². The third-order valence-corrected chi connectivity index (χ3v) is 2.43. The van der Waals surface area contributed by atoms with E-state index < -0.39 is 0 Å². The number of aliphatic hydroxyl groups excluding tert-OH is 1. The number of rotatable bonds is 4. The number of aromatic amines is 1. The van der Waals surface area contributed by atoms with E-state index >= 15 is 0 Å². The quantitative estimate of drug-likeness (QED) is 0.792. The number of nitrogens with one attached hydrogen (secondary N) is 1. The molecular weight excluding hydrogens is 214 g/mol. The summed E-state index contributed by atoms with van der Waals surface area (Å²) in [4.78, 5) is 9.26. The average molecular weight is 229 g/mol. The molecule has 0 saturated carbocycles. The molecule has 1 heterocycles. The van der Waals surface area contributed by atoms with Crippen molar-refractivity contribution in [1.82, 2.24) is 9.97 Å². The second kappa shape index (κ2) is 4.74. The molecular formula is C13H15N3O. The molecule has 0 amide bonds. The van der Waals surface area contributed by atoms with Gasteiger partial charge in [0.2, 0.25) is 5.95 Å². The lowest BCUT2D eigenvalue weighted by Crippen LogP contribution is -2.20. The van der Waals surface area contributed by atoms with Gasteiger partial charge < -0.3 is 15.0 Å². The minimum absolute atomic E-state index is 0.116. The first-order valence-corrected chi connectivity index (χ1v) is 5.35. The number of hydrogen-bond acceptors (Lipinski definition) is 3. The van der Waals surface area contributed by atoms with E-state index in [-0.39, 0.29) is 5.76 Å². The Bertz CT molecular complexity index is 504. The molecule has 0 radical (unpaired) electrons. The van der Waals surface area contributed by atoms with Gasteiger partial charge in [0.15, 0.2) is 0 Å². The van der Waals surface area contributed by atoms with Crippen molar-refractivity contribution < 1.29 is 5.11 Å². The van der Waals surface area contributed by atoms with Crippen molar-refractivity contribution in [2.75, 3.05) is 18.5 Å². The maximum absolute atomic E-state index is 9.13. The van der Waals surface area contributed by atoms with E-state index in [2.05, 4.69) is 16.5 Å². The number of aromatic nitrogens is 2. The van der Waals surface area contributed by atoms with Crippen LogP contribution in [0.25, 0.3) is 11.3 Å². The molecule has 17 heavy (non-hydrogen) atoms. The van der Waals surface area contributed by atoms with E-state index in [1.165, 1.54) is 0 Å². The van der Waals surface area contributed by atoms with Crippen LogP contribution in [0.5, 0.6) is 0 Å². The third kappa shape index (κ3) is 2.66. The number of aliphatic hydroxyl groups is 1. The van der Waals surface area contributed by atoms with Crippen molar-refractivity contribution in [2.24, 2.45) is 0 Å². The summed E-state index contributed by atoms with van der Waals surface area (Å²) in [6.07, 6.45) is 1.78. The van der Waals surface area contributed by atoms with Gasteiger partial charge in [-0.1, -0.05) is 36.9 Å². The smallest absolute Gasteiger partial charge is 0.203 e. The van der Waals surface area contributed by atoms with Gasteiger partial charge in [-0.3, -0.25) is 0 Å². The zero-order valence-electron chi connectivity index (χ0n) is 9.72. The van der Waals surface area contributed by atoms with E-state index in [0.29, 0.717) is 12.5 Å². The van der Waals surface area contributed by atoms with Gasteiger partial charge >= 0.3 is 0 Å². The molecule has 1 aromatic carbocycles. The Labute approximate surface area is 100 Å². The summed E-state index contributed by atoms with van der Waals surface area (Å²) in [6.45, 7) is 3.82. The molecule has 0 spiro atoms. The molecule has 88 valence electrons. The molecule has 0 saturated heterocycles. The third-order valence-electron chi connectivity index (χ3n) is 2.43. The maximum Gasteiger partial charge on any atom is 0.203 e. The minimum atomic E-state index is 0.116. The summed E-state index contributed by atoms with van der Waals surface area (Å²) < 4.78 is 0. The van der Waals surface area contributed by atoms with Gasteiger partial charge in [0.1, 0.15) is 5.76 Å². The lowest BCUT2D eigenvalue weighted by atomic mass is 10.2. The molecule has 4 heteroatoms. The molecule has 1 aromatic heterocycles. The fourth-order valence-electron chi connectivity index (χ4n) is 1.62. The van der Waals surface area contributed by atoms with Crippen LogP contribution in [0, 0.1) is 0 Å². The van der Waals surface area contributed by atoms with E-state index in [4.69, 9.17) is 5.11 Å². The van der Waals surface area contributed by atoms with Crippen LogP contribution in [0.15, 0.2) is 48.9 Å². The van der Waals surface area contributed by atoms with Crippen LogP contribution in [-0.2, 0) is 0 Å². The molecule has 0 aliphatic carbocycles. The predicted molar refractivity (Wildman–Crippen MR) is 69.1 cm³/mol. The number of nitrogens with zero attached hydrogens (tertiary/aromatic N) is 2. The summed E-state index contributed by atoms with van der Waals surface area (Å²) in [7, 11) is 1.84. The molecule has 0 unspecified atom stereocenters. The number of hydrogen-bond donors (Lipinski definition) is 2. The number of benzene rings is 1. The average Bonchev–Trinajstić information content (AvgIpc) is 2.78. The Kier molecular flexibility index (Phi) is 3.14. The molecule has 0 aliphatic heterocycles. The lowest BCUT2D eigenvalue weighted by molar-refractivity contribution is 0.403. The standard InChI is InChI=1S/C13H15N3O/c1-10(17)9-16(2)13-14-8-12(15-13)11-6-4-3-5-7-11/h3-8,17H,1,9H2,2H3,(H,14,15). The summed E-state index contributed by atoms with van der Waals surface area (Å²) >= 11 is 0. The van der Waals surface area contributed by atoms with Crippen LogP contribution in [0.2, 0.25) is 0 Å². The SMILES string of the molecule is C=C(O)CN(C)c1ncc(-c2ccccc2)[nH]1. The first-order valence-electron chi connectivity index (χ1n) is 5.35. The fourth-order valence-corrected chi connectivity index (χ4v) is 1.62. The highest BCUT2D eigenvalue weighted by Gasteiger charge is 2.07. The zero-order chi connectivity index (χ0) is 12.3. The number of H-pyrrole nitrogens is 1. The first-order chi connectivity index (χ1) is 8.16. The largest absolute Gasteiger partial charge is 0.511 e. The monoisotopic (exact) mass is 229 g/mol. The van der Waals surface area contributed by atoms with Crippen LogP contribution in [0.4, 0.5) is 5.95 Å². The van der Waals surface area contributed by atoms with E-state index in [1.807, 2.05) is 37.4 Å². The number of anilines is 1. The Morgan fingerprint density at radius 3 is 2.76 bits per heavy atom. The van der Waals surface area contributed by atoms with Gasteiger partial charge in [-0.25, -0.2) is 4.98 Å². The molecule has 2 rings (SSSR count). The van der Waals surface area contributed by atoms with Crippen molar-refractivity contribution in [1.29, 1.82) is 0 Å². The second-order valence-corrected chi connectivity index (χ2v) is 3.91. The highest BCUT2D eigenvalue weighted by atomic mass is 16.3. The summed E-state index contributed by atoms with van der Waals surface area (Å²) in [6, 6.07) is 9.97. The first kappa shape index (κ1) is 11.3. The van der Waals surface area contributed by atoms with Crippen LogP contribution in [0.1, 0.15) is 0 Å². The summed E-state index contributed by atoms with van der Waals surface area (Å²) in [5.74, 6) is 0.823.